The van der Waals surface area contributed by atoms with Gasteiger partial charge in [0.05, 0.1) is 12.2 Å². The zero-order chi connectivity index (χ0) is 17.5. The summed E-state index contributed by atoms with van der Waals surface area (Å²) in [6.07, 6.45) is 0.886. The van der Waals surface area contributed by atoms with Crippen LogP contribution in [0.5, 0.6) is 5.75 Å². The number of ether oxygens (including phenoxy) is 2. The van der Waals surface area contributed by atoms with E-state index in [-0.39, 0.29) is 24.0 Å². The van der Waals surface area contributed by atoms with Crippen molar-refractivity contribution in [2.75, 3.05) is 19.7 Å². The number of hydrogen-bond donors (Lipinski definition) is 1. The monoisotopic (exact) mass is 342 g/mol. The molecule has 0 aromatic heterocycles. The first-order valence-electron chi connectivity index (χ1n) is 7.77. The molecule has 1 fully saturated rings. The van der Waals surface area contributed by atoms with E-state index in [1.807, 2.05) is 0 Å². The minimum atomic E-state index is -3.00. The first-order chi connectivity index (χ1) is 11.5. The number of alkyl halides is 2. The average Bonchev–Trinajstić information content (AvgIpc) is 2.54. The van der Waals surface area contributed by atoms with Crippen LogP contribution in [0, 0.1) is 0 Å². The second-order valence-corrected chi connectivity index (χ2v) is 5.33. The third-order valence-electron chi connectivity index (χ3n) is 3.64. The molecule has 1 N–H and O–H groups in total. The number of nitrogens with one attached hydrogen (secondary N) is 1. The van der Waals surface area contributed by atoms with Crippen molar-refractivity contribution in [3.05, 3.63) is 29.8 Å². The Bertz CT molecular complexity index is 583. The Balaban J connectivity index is 2.05. The molecule has 1 heterocycles. The van der Waals surface area contributed by atoms with E-state index in [1.54, 1.807) is 13.0 Å². The van der Waals surface area contributed by atoms with Gasteiger partial charge in [-0.3, -0.25) is 4.79 Å². The first-order valence-corrected chi connectivity index (χ1v) is 7.77. The number of piperidine rings is 1. The van der Waals surface area contributed by atoms with Crippen molar-refractivity contribution in [1.82, 2.24) is 10.2 Å². The van der Waals surface area contributed by atoms with Crippen LogP contribution >= 0.6 is 0 Å². The standard InChI is InChI=1S/C16H20F2N2O4/c1-2-23-16(22)19-11-6-5-9-20(10-11)14(21)12-7-3-4-8-13(12)24-15(17)18/h3-4,7-8,11,15H,2,5-6,9-10H2,1H3,(H,19,22)/t11-/m0/s1. The lowest BCUT2D eigenvalue weighted by Gasteiger charge is -2.33. The summed E-state index contributed by atoms with van der Waals surface area (Å²) in [5.74, 6) is -0.556. The molecule has 2 rings (SSSR count). The van der Waals surface area contributed by atoms with E-state index in [0.29, 0.717) is 19.5 Å². The zero-order valence-corrected chi connectivity index (χ0v) is 13.3. The number of alkyl carbamates (subject to hydrolysis) is 1. The number of amides is 2. The van der Waals surface area contributed by atoms with Crippen molar-refractivity contribution in [2.45, 2.75) is 32.4 Å². The van der Waals surface area contributed by atoms with Crippen LogP contribution in [0.1, 0.15) is 30.1 Å². The lowest BCUT2D eigenvalue weighted by molar-refractivity contribution is -0.0503. The number of para-hydroxylation sites is 1. The van der Waals surface area contributed by atoms with Crippen LogP contribution in [0.3, 0.4) is 0 Å². The molecule has 0 spiro atoms. The van der Waals surface area contributed by atoms with Crippen molar-refractivity contribution in [3.63, 3.8) is 0 Å². The molecule has 132 valence electrons. The molecule has 1 aliphatic heterocycles. The summed E-state index contributed by atoms with van der Waals surface area (Å²) < 4.78 is 34.2. The largest absolute Gasteiger partial charge is 0.450 e. The van der Waals surface area contributed by atoms with Crippen molar-refractivity contribution in [3.8, 4) is 5.75 Å². The Morgan fingerprint density at radius 3 is 2.83 bits per heavy atom. The molecule has 1 atom stereocenters. The van der Waals surface area contributed by atoms with E-state index in [9.17, 15) is 18.4 Å². The topological polar surface area (TPSA) is 67.9 Å². The predicted molar refractivity (Wildman–Crippen MR) is 82.2 cm³/mol. The second kappa shape index (κ2) is 8.47. The van der Waals surface area contributed by atoms with Gasteiger partial charge in [-0.05, 0) is 31.9 Å². The maximum absolute atomic E-state index is 12.6. The number of hydrogen-bond acceptors (Lipinski definition) is 4. The van der Waals surface area contributed by atoms with Gasteiger partial charge in [0.15, 0.2) is 0 Å². The van der Waals surface area contributed by atoms with Crippen LogP contribution < -0.4 is 10.1 Å². The van der Waals surface area contributed by atoms with Crippen molar-refractivity contribution in [1.29, 1.82) is 0 Å². The lowest BCUT2D eigenvalue weighted by Crippen LogP contribution is -2.49. The van der Waals surface area contributed by atoms with Gasteiger partial charge in [-0.2, -0.15) is 8.78 Å². The summed E-state index contributed by atoms with van der Waals surface area (Å²) >= 11 is 0. The summed E-state index contributed by atoms with van der Waals surface area (Å²) in [5.41, 5.74) is 0.0783. The number of halogens is 2. The van der Waals surface area contributed by atoms with Gasteiger partial charge in [0, 0.05) is 19.1 Å². The van der Waals surface area contributed by atoms with E-state index in [4.69, 9.17) is 4.74 Å². The molecule has 1 aromatic rings. The molecule has 1 aromatic carbocycles. The molecule has 1 saturated heterocycles. The Morgan fingerprint density at radius 1 is 1.38 bits per heavy atom. The highest BCUT2D eigenvalue weighted by atomic mass is 19.3. The Hall–Kier alpha value is -2.38. The number of carbonyl (C=O) groups is 2. The van der Waals surface area contributed by atoms with Gasteiger partial charge < -0.3 is 19.7 Å². The SMILES string of the molecule is CCOC(=O)N[C@H]1CCCN(C(=O)c2ccccc2OC(F)F)C1. The number of nitrogens with zero attached hydrogens (tertiary/aromatic N) is 1. The minimum absolute atomic E-state index is 0.0783. The maximum atomic E-state index is 12.6. The van der Waals surface area contributed by atoms with Crippen LogP contribution in [0.4, 0.5) is 13.6 Å². The number of likely N-dealkylation sites (tertiary alicyclic amines) is 1. The normalized spacial score (nSPS) is 17.5. The number of benzene rings is 1. The second-order valence-electron chi connectivity index (χ2n) is 5.33. The zero-order valence-electron chi connectivity index (χ0n) is 13.3. The van der Waals surface area contributed by atoms with Crippen molar-refractivity contribution < 1.29 is 27.8 Å². The van der Waals surface area contributed by atoms with Crippen LogP contribution in [0.15, 0.2) is 24.3 Å². The third kappa shape index (κ3) is 4.81. The van der Waals surface area contributed by atoms with Gasteiger partial charge in [0.2, 0.25) is 0 Å². The highest BCUT2D eigenvalue weighted by molar-refractivity contribution is 5.97. The fraction of sp³-hybridized carbons (Fsp3) is 0.500. The van der Waals surface area contributed by atoms with Gasteiger partial charge in [-0.25, -0.2) is 4.79 Å². The molecule has 6 nitrogen and oxygen atoms in total. The maximum Gasteiger partial charge on any atom is 0.407 e. The summed E-state index contributed by atoms with van der Waals surface area (Å²) in [5, 5.41) is 2.70. The van der Waals surface area contributed by atoms with Crippen LogP contribution in [-0.4, -0.2) is 49.3 Å². The van der Waals surface area contributed by atoms with Gasteiger partial charge >= 0.3 is 12.7 Å². The molecule has 0 bridgehead atoms. The molecule has 0 aliphatic carbocycles. The summed E-state index contributed by atoms with van der Waals surface area (Å²) in [4.78, 5) is 25.6. The highest BCUT2D eigenvalue weighted by Crippen LogP contribution is 2.23. The summed E-state index contributed by atoms with van der Waals surface area (Å²) in [7, 11) is 0. The fourth-order valence-electron chi connectivity index (χ4n) is 2.63. The van der Waals surface area contributed by atoms with Crippen LogP contribution in [0.25, 0.3) is 0 Å². The average molecular weight is 342 g/mol. The third-order valence-corrected chi connectivity index (χ3v) is 3.64. The lowest BCUT2D eigenvalue weighted by atomic mass is 10.0. The van der Waals surface area contributed by atoms with E-state index in [1.165, 1.54) is 23.1 Å². The Labute approximate surface area is 138 Å². The number of carbonyl (C=O) groups excluding carboxylic acids is 2. The van der Waals surface area contributed by atoms with Gasteiger partial charge in [0.1, 0.15) is 5.75 Å². The van der Waals surface area contributed by atoms with Crippen LogP contribution in [0.2, 0.25) is 0 Å². The fourth-order valence-corrected chi connectivity index (χ4v) is 2.63. The molecule has 0 saturated carbocycles. The van der Waals surface area contributed by atoms with Gasteiger partial charge in [-0.15, -0.1) is 0 Å². The van der Waals surface area contributed by atoms with Gasteiger partial charge in [-0.1, -0.05) is 12.1 Å². The minimum Gasteiger partial charge on any atom is -0.450 e. The van der Waals surface area contributed by atoms with E-state index in [0.717, 1.165) is 6.42 Å². The number of rotatable bonds is 5. The Kier molecular flexibility index (Phi) is 6.34. The van der Waals surface area contributed by atoms with Gasteiger partial charge in [0.25, 0.3) is 5.91 Å². The molecule has 8 heteroatoms. The smallest absolute Gasteiger partial charge is 0.407 e. The molecule has 24 heavy (non-hydrogen) atoms. The molecular weight excluding hydrogens is 322 g/mol. The van der Waals surface area contributed by atoms with E-state index in [2.05, 4.69) is 10.1 Å². The Morgan fingerprint density at radius 2 is 2.12 bits per heavy atom. The molecule has 1 aliphatic rings. The predicted octanol–water partition coefficient (Wildman–Crippen LogP) is 2.64. The van der Waals surface area contributed by atoms with Crippen LogP contribution in [-0.2, 0) is 4.74 Å². The highest BCUT2D eigenvalue weighted by Gasteiger charge is 2.27. The van der Waals surface area contributed by atoms with Crippen molar-refractivity contribution >= 4 is 12.0 Å². The summed E-state index contributed by atoms with van der Waals surface area (Å²) in [6.45, 7) is -0.252. The molecular formula is C16H20F2N2O4. The van der Waals surface area contributed by atoms with Crippen molar-refractivity contribution in [2.24, 2.45) is 0 Å². The van der Waals surface area contributed by atoms with E-state index < -0.39 is 18.6 Å². The van der Waals surface area contributed by atoms with E-state index >= 15 is 0 Å². The molecule has 2 amide bonds. The molecule has 0 unspecified atom stereocenters. The quantitative estimate of drug-likeness (QED) is 0.893. The summed E-state index contributed by atoms with van der Waals surface area (Å²) in [6, 6.07) is 5.66. The molecule has 0 radical (unpaired) electrons. The first kappa shape index (κ1) is 18.0.